The molecule has 0 saturated carbocycles. The van der Waals surface area contributed by atoms with Crippen molar-refractivity contribution in [1.82, 2.24) is 0 Å². The second-order valence-electron chi connectivity index (χ2n) is 3.27. The summed E-state index contributed by atoms with van der Waals surface area (Å²) < 4.78 is 4.61. The first-order valence-corrected chi connectivity index (χ1v) is 7.22. The molecule has 0 N–H and O–H groups in total. The maximum atomic E-state index is 11.1. The Morgan fingerprint density at radius 2 is 1.77 bits per heavy atom. The van der Waals surface area contributed by atoms with Gasteiger partial charge < -0.3 is 4.74 Å². The van der Waals surface area contributed by atoms with Crippen LogP contribution in [0.25, 0.3) is 0 Å². The number of ether oxygens (including phenoxy) is 1. The van der Waals surface area contributed by atoms with Crippen LogP contribution in [0.15, 0.2) is 24.3 Å². The van der Waals surface area contributed by atoms with Crippen LogP contribution in [0, 0.1) is 0 Å². The van der Waals surface area contributed by atoms with Gasteiger partial charge in [0.25, 0.3) is 0 Å². The third-order valence-corrected chi connectivity index (χ3v) is 3.72. The zero-order valence-corrected chi connectivity index (χ0v) is 9.36. The van der Waals surface area contributed by atoms with Crippen molar-refractivity contribution in [2.24, 2.45) is 0 Å². The zero-order valence-electron chi connectivity index (χ0n) is 8.20. The van der Waals surface area contributed by atoms with Gasteiger partial charge in [-0.15, -0.1) is 0 Å². The van der Waals surface area contributed by atoms with E-state index in [1.807, 2.05) is 24.3 Å². The van der Waals surface area contributed by atoms with E-state index in [2.05, 4.69) is 17.8 Å². The molecule has 0 radical (unpaired) electrons. The summed E-state index contributed by atoms with van der Waals surface area (Å²) in [5, 5.41) is 1.37. The van der Waals surface area contributed by atoms with E-state index in [0.717, 1.165) is 0 Å². The summed E-state index contributed by atoms with van der Waals surface area (Å²) in [5.74, 6) is -0.267. The predicted octanol–water partition coefficient (Wildman–Crippen LogP) is 1.17. The molecule has 0 amide bonds. The molecule has 1 rings (SSSR count). The first-order valence-electron chi connectivity index (χ1n) is 4.33. The highest BCUT2D eigenvalue weighted by atomic mass is 28.3. The molecule has 3 heteroatoms. The maximum Gasteiger partial charge on any atom is 0.337 e. The second kappa shape index (κ2) is 4.23. The minimum absolute atomic E-state index is 0.267. The van der Waals surface area contributed by atoms with Crippen LogP contribution in [0.1, 0.15) is 10.4 Å². The SMILES string of the molecule is COC(=O)c1ccc([SiH](C)C)cc1. The topological polar surface area (TPSA) is 26.3 Å². The number of rotatable bonds is 2. The molecule has 0 bridgehead atoms. The highest BCUT2D eigenvalue weighted by Crippen LogP contribution is 1.99. The van der Waals surface area contributed by atoms with Gasteiger partial charge in [0.15, 0.2) is 0 Å². The molecular weight excluding hydrogens is 180 g/mol. The largest absolute Gasteiger partial charge is 0.465 e. The summed E-state index contributed by atoms with van der Waals surface area (Å²) >= 11 is 0. The molecule has 1 aromatic rings. The van der Waals surface area contributed by atoms with E-state index in [-0.39, 0.29) is 5.97 Å². The monoisotopic (exact) mass is 194 g/mol. The number of esters is 1. The number of methoxy groups -OCH3 is 1. The fourth-order valence-corrected chi connectivity index (χ4v) is 2.08. The Bertz CT molecular complexity index is 290. The molecule has 70 valence electrons. The van der Waals surface area contributed by atoms with Gasteiger partial charge in [-0.1, -0.05) is 30.4 Å². The van der Waals surface area contributed by atoms with Gasteiger partial charge in [-0.25, -0.2) is 4.79 Å². The molecule has 0 unspecified atom stereocenters. The molecular formula is C10H14O2Si. The van der Waals surface area contributed by atoms with Gasteiger partial charge in [-0.3, -0.25) is 0 Å². The summed E-state index contributed by atoms with van der Waals surface area (Å²) in [4.78, 5) is 11.1. The van der Waals surface area contributed by atoms with Crippen LogP contribution in [0.3, 0.4) is 0 Å². The third kappa shape index (κ3) is 2.42. The molecule has 1 aromatic carbocycles. The molecule has 0 aliphatic carbocycles. The first-order chi connectivity index (χ1) is 6.15. The Hall–Kier alpha value is -1.09. The lowest BCUT2D eigenvalue weighted by Gasteiger charge is -2.04. The van der Waals surface area contributed by atoms with Gasteiger partial charge in [-0.2, -0.15) is 0 Å². The normalized spacial score (nSPS) is 10.2. The van der Waals surface area contributed by atoms with Crippen molar-refractivity contribution >= 4 is 20.0 Å². The second-order valence-corrected chi connectivity index (χ2v) is 6.24. The van der Waals surface area contributed by atoms with Crippen molar-refractivity contribution in [3.63, 3.8) is 0 Å². The Kier molecular flexibility index (Phi) is 3.25. The molecule has 0 saturated heterocycles. The van der Waals surface area contributed by atoms with Crippen LogP contribution in [-0.2, 0) is 4.74 Å². The first kappa shape index (κ1) is 9.99. The third-order valence-electron chi connectivity index (χ3n) is 2.00. The quantitative estimate of drug-likeness (QED) is 0.522. The van der Waals surface area contributed by atoms with E-state index in [9.17, 15) is 4.79 Å². The van der Waals surface area contributed by atoms with Crippen LogP contribution in [0.2, 0.25) is 13.1 Å². The van der Waals surface area contributed by atoms with Crippen molar-refractivity contribution < 1.29 is 9.53 Å². The van der Waals surface area contributed by atoms with Gasteiger partial charge in [0.1, 0.15) is 0 Å². The van der Waals surface area contributed by atoms with Crippen molar-refractivity contribution in [3.05, 3.63) is 29.8 Å². The van der Waals surface area contributed by atoms with Crippen molar-refractivity contribution in [2.45, 2.75) is 13.1 Å². The number of benzene rings is 1. The number of hydrogen-bond donors (Lipinski definition) is 0. The van der Waals surface area contributed by atoms with Crippen LogP contribution >= 0.6 is 0 Å². The smallest absolute Gasteiger partial charge is 0.337 e. The predicted molar refractivity (Wildman–Crippen MR) is 56.3 cm³/mol. The zero-order chi connectivity index (χ0) is 9.84. The van der Waals surface area contributed by atoms with E-state index in [1.54, 1.807) is 0 Å². The van der Waals surface area contributed by atoms with Crippen LogP contribution in [0.5, 0.6) is 0 Å². The van der Waals surface area contributed by atoms with Gasteiger partial charge in [0.2, 0.25) is 0 Å². The fourth-order valence-electron chi connectivity index (χ4n) is 1.12. The van der Waals surface area contributed by atoms with Crippen LogP contribution in [-0.4, -0.2) is 21.9 Å². The Balaban J connectivity index is 2.87. The van der Waals surface area contributed by atoms with Gasteiger partial charge >= 0.3 is 5.97 Å². The minimum Gasteiger partial charge on any atom is -0.465 e. The molecule has 0 aliphatic rings. The standard InChI is InChI=1S/C10H14O2Si/c1-12-10(11)8-4-6-9(7-5-8)13(2)3/h4-7,13H,1-3H3. The van der Waals surface area contributed by atoms with E-state index < -0.39 is 8.80 Å². The minimum atomic E-state index is -0.742. The molecule has 0 aliphatic heterocycles. The summed E-state index contributed by atoms with van der Waals surface area (Å²) in [7, 11) is 0.654. The highest BCUT2D eigenvalue weighted by molar-refractivity contribution is 6.70. The number of carbonyl (C=O) groups is 1. The van der Waals surface area contributed by atoms with E-state index in [0.29, 0.717) is 5.56 Å². The average Bonchev–Trinajstić information content (AvgIpc) is 2.17. The van der Waals surface area contributed by atoms with Crippen LogP contribution < -0.4 is 5.19 Å². The van der Waals surface area contributed by atoms with E-state index in [1.165, 1.54) is 12.3 Å². The lowest BCUT2D eigenvalue weighted by atomic mass is 10.2. The van der Waals surface area contributed by atoms with Gasteiger partial charge in [0.05, 0.1) is 21.5 Å². The van der Waals surface area contributed by atoms with Crippen molar-refractivity contribution in [2.75, 3.05) is 7.11 Å². The lowest BCUT2D eigenvalue weighted by molar-refractivity contribution is 0.0601. The summed E-state index contributed by atoms with van der Waals surface area (Å²) in [6.45, 7) is 4.51. The Morgan fingerprint density at radius 1 is 1.23 bits per heavy atom. The molecule has 0 heterocycles. The number of hydrogen-bond acceptors (Lipinski definition) is 2. The van der Waals surface area contributed by atoms with Gasteiger partial charge in [0, 0.05) is 0 Å². The summed E-state index contributed by atoms with van der Waals surface area (Å²) in [6.07, 6.45) is 0. The lowest BCUT2D eigenvalue weighted by Crippen LogP contribution is -2.22. The number of carbonyl (C=O) groups excluding carboxylic acids is 1. The summed E-state index contributed by atoms with van der Waals surface area (Å²) in [6, 6.07) is 7.69. The van der Waals surface area contributed by atoms with E-state index in [4.69, 9.17) is 0 Å². The highest BCUT2D eigenvalue weighted by Gasteiger charge is 2.05. The average molecular weight is 194 g/mol. The van der Waals surface area contributed by atoms with Crippen LogP contribution in [0.4, 0.5) is 0 Å². The summed E-state index contributed by atoms with van der Waals surface area (Å²) in [5.41, 5.74) is 0.626. The fraction of sp³-hybridized carbons (Fsp3) is 0.300. The van der Waals surface area contributed by atoms with E-state index >= 15 is 0 Å². The van der Waals surface area contributed by atoms with Crippen molar-refractivity contribution in [1.29, 1.82) is 0 Å². The van der Waals surface area contributed by atoms with Gasteiger partial charge in [-0.05, 0) is 12.1 Å². The molecule has 0 aromatic heterocycles. The Morgan fingerprint density at radius 3 is 2.15 bits per heavy atom. The maximum absolute atomic E-state index is 11.1. The molecule has 13 heavy (non-hydrogen) atoms. The molecule has 2 nitrogen and oxygen atoms in total. The molecule has 0 atom stereocenters. The molecule has 0 spiro atoms. The molecule has 0 fully saturated rings. The van der Waals surface area contributed by atoms with Crippen molar-refractivity contribution in [3.8, 4) is 0 Å². The Labute approximate surface area is 80.1 Å².